The van der Waals surface area contributed by atoms with Crippen LogP contribution in [-0.4, -0.2) is 11.3 Å². The van der Waals surface area contributed by atoms with Gasteiger partial charge in [0.1, 0.15) is 5.75 Å². The van der Waals surface area contributed by atoms with Gasteiger partial charge in [-0.05, 0) is 6.92 Å². The van der Waals surface area contributed by atoms with Crippen LogP contribution < -0.4 is 10.5 Å². The SMILES string of the molecule is Cc1ncc(OC(F)(F)F)cc1N. The summed E-state index contributed by atoms with van der Waals surface area (Å²) in [5.41, 5.74) is 5.97. The van der Waals surface area contributed by atoms with Gasteiger partial charge in [0.25, 0.3) is 0 Å². The van der Waals surface area contributed by atoms with Crippen LogP contribution in [0.25, 0.3) is 0 Å². The Morgan fingerprint density at radius 1 is 1.46 bits per heavy atom. The Kier molecular flexibility index (Phi) is 2.31. The summed E-state index contributed by atoms with van der Waals surface area (Å²) in [6.45, 7) is 1.59. The number of ether oxygens (including phenoxy) is 1. The van der Waals surface area contributed by atoms with Crippen molar-refractivity contribution in [3.63, 3.8) is 0 Å². The number of pyridine rings is 1. The lowest BCUT2D eigenvalue weighted by Gasteiger charge is -2.09. The van der Waals surface area contributed by atoms with E-state index in [0.29, 0.717) is 5.69 Å². The van der Waals surface area contributed by atoms with E-state index in [2.05, 4.69) is 9.72 Å². The minimum Gasteiger partial charge on any atom is -0.404 e. The summed E-state index contributed by atoms with van der Waals surface area (Å²) in [5, 5.41) is 0. The number of nitrogen functional groups attached to an aromatic ring is 1. The van der Waals surface area contributed by atoms with Crippen molar-refractivity contribution in [3.8, 4) is 5.75 Å². The third-order valence-corrected chi connectivity index (χ3v) is 1.33. The van der Waals surface area contributed by atoms with E-state index >= 15 is 0 Å². The van der Waals surface area contributed by atoms with Crippen molar-refractivity contribution in [1.29, 1.82) is 0 Å². The summed E-state index contributed by atoms with van der Waals surface area (Å²) in [5.74, 6) is -0.407. The molecule has 72 valence electrons. The van der Waals surface area contributed by atoms with Gasteiger partial charge < -0.3 is 10.5 Å². The van der Waals surface area contributed by atoms with Crippen LogP contribution in [0.5, 0.6) is 5.75 Å². The number of halogens is 3. The Labute approximate surface area is 72.3 Å². The van der Waals surface area contributed by atoms with Crippen LogP contribution >= 0.6 is 0 Å². The largest absolute Gasteiger partial charge is 0.573 e. The molecule has 6 heteroatoms. The molecule has 2 N–H and O–H groups in total. The van der Waals surface area contributed by atoms with Gasteiger partial charge in [0.2, 0.25) is 0 Å². The fraction of sp³-hybridized carbons (Fsp3) is 0.286. The number of nitrogens with zero attached hydrogens (tertiary/aromatic N) is 1. The highest BCUT2D eigenvalue weighted by molar-refractivity contribution is 5.46. The Bertz CT molecular complexity index is 311. The van der Waals surface area contributed by atoms with E-state index in [1.165, 1.54) is 0 Å². The van der Waals surface area contributed by atoms with Crippen molar-refractivity contribution in [2.45, 2.75) is 13.3 Å². The number of hydrogen-bond donors (Lipinski definition) is 1. The third-order valence-electron chi connectivity index (χ3n) is 1.33. The van der Waals surface area contributed by atoms with Gasteiger partial charge in [-0.15, -0.1) is 13.2 Å². The standard InChI is InChI=1S/C7H7F3N2O/c1-4-6(11)2-5(3-12-4)13-7(8,9)10/h2-3H,11H2,1H3. The Morgan fingerprint density at radius 3 is 2.54 bits per heavy atom. The molecule has 1 aromatic heterocycles. The minimum absolute atomic E-state index is 0.168. The molecule has 0 radical (unpaired) electrons. The Hall–Kier alpha value is -1.46. The number of aromatic nitrogens is 1. The fourth-order valence-electron chi connectivity index (χ4n) is 0.719. The first-order valence-electron chi connectivity index (χ1n) is 3.36. The van der Waals surface area contributed by atoms with Crippen LogP contribution in [0.1, 0.15) is 5.69 Å². The molecule has 0 aliphatic heterocycles. The summed E-state index contributed by atoms with van der Waals surface area (Å²) in [4.78, 5) is 3.61. The van der Waals surface area contributed by atoms with E-state index in [1.54, 1.807) is 6.92 Å². The van der Waals surface area contributed by atoms with Crippen LogP contribution in [-0.2, 0) is 0 Å². The van der Waals surface area contributed by atoms with Crippen LogP contribution in [0, 0.1) is 6.92 Å². The van der Waals surface area contributed by atoms with Gasteiger partial charge in [0, 0.05) is 6.07 Å². The maximum absolute atomic E-state index is 11.7. The first kappa shape index (κ1) is 9.63. The van der Waals surface area contributed by atoms with Gasteiger partial charge >= 0.3 is 6.36 Å². The molecule has 1 rings (SSSR count). The van der Waals surface area contributed by atoms with Crippen molar-refractivity contribution < 1.29 is 17.9 Å². The number of rotatable bonds is 1. The summed E-state index contributed by atoms with van der Waals surface area (Å²) in [7, 11) is 0. The van der Waals surface area contributed by atoms with Gasteiger partial charge in [-0.2, -0.15) is 0 Å². The first-order chi connectivity index (χ1) is 5.88. The molecular formula is C7H7F3N2O. The van der Waals surface area contributed by atoms with Crippen LogP contribution in [0.2, 0.25) is 0 Å². The van der Waals surface area contributed by atoms with E-state index in [-0.39, 0.29) is 5.69 Å². The molecule has 0 spiro atoms. The molecule has 0 fully saturated rings. The molecule has 0 amide bonds. The van der Waals surface area contributed by atoms with E-state index in [1.807, 2.05) is 0 Å². The molecule has 0 aliphatic rings. The molecule has 1 aromatic rings. The third kappa shape index (κ3) is 2.81. The van der Waals surface area contributed by atoms with Crippen molar-refractivity contribution >= 4 is 5.69 Å². The highest BCUT2D eigenvalue weighted by Crippen LogP contribution is 2.24. The summed E-state index contributed by atoms with van der Waals surface area (Å²) in [6, 6.07) is 1.08. The topological polar surface area (TPSA) is 48.1 Å². The number of alkyl halides is 3. The lowest BCUT2D eigenvalue weighted by atomic mass is 10.3. The van der Waals surface area contributed by atoms with Crippen molar-refractivity contribution in [2.24, 2.45) is 0 Å². The zero-order chi connectivity index (χ0) is 10.1. The molecule has 0 aliphatic carbocycles. The zero-order valence-electron chi connectivity index (χ0n) is 6.72. The second-order valence-electron chi connectivity index (χ2n) is 2.39. The molecule has 0 unspecified atom stereocenters. The van der Waals surface area contributed by atoms with Gasteiger partial charge in [-0.3, -0.25) is 4.98 Å². The quantitative estimate of drug-likeness (QED) is 0.738. The lowest BCUT2D eigenvalue weighted by molar-refractivity contribution is -0.274. The van der Waals surface area contributed by atoms with Gasteiger partial charge in [0.05, 0.1) is 17.6 Å². The molecule has 1 heterocycles. The van der Waals surface area contributed by atoms with Gasteiger partial charge in [-0.25, -0.2) is 0 Å². The molecule has 0 saturated heterocycles. The van der Waals surface area contributed by atoms with Crippen LogP contribution in [0.15, 0.2) is 12.3 Å². The van der Waals surface area contributed by atoms with E-state index in [4.69, 9.17) is 5.73 Å². The number of aryl methyl sites for hydroxylation is 1. The number of anilines is 1. The molecule has 3 nitrogen and oxygen atoms in total. The maximum atomic E-state index is 11.7. The monoisotopic (exact) mass is 192 g/mol. The van der Waals surface area contributed by atoms with Crippen LogP contribution in [0.3, 0.4) is 0 Å². The van der Waals surface area contributed by atoms with E-state index < -0.39 is 12.1 Å². The molecule has 0 atom stereocenters. The zero-order valence-corrected chi connectivity index (χ0v) is 6.72. The second-order valence-corrected chi connectivity index (χ2v) is 2.39. The van der Waals surface area contributed by atoms with Crippen molar-refractivity contribution in [3.05, 3.63) is 18.0 Å². The summed E-state index contributed by atoms with van der Waals surface area (Å²) in [6.07, 6.45) is -3.73. The summed E-state index contributed by atoms with van der Waals surface area (Å²) >= 11 is 0. The van der Waals surface area contributed by atoms with E-state index in [0.717, 1.165) is 12.3 Å². The average molecular weight is 192 g/mol. The number of nitrogens with two attached hydrogens (primary N) is 1. The van der Waals surface area contributed by atoms with Crippen molar-refractivity contribution in [1.82, 2.24) is 4.98 Å². The predicted octanol–water partition coefficient (Wildman–Crippen LogP) is 1.87. The smallest absolute Gasteiger partial charge is 0.404 e. The van der Waals surface area contributed by atoms with Crippen molar-refractivity contribution in [2.75, 3.05) is 5.73 Å². The molecule has 0 aromatic carbocycles. The minimum atomic E-state index is -4.70. The first-order valence-corrected chi connectivity index (χ1v) is 3.36. The van der Waals surface area contributed by atoms with Crippen LogP contribution in [0.4, 0.5) is 18.9 Å². The maximum Gasteiger partial charge on any atom is 0.573 e. The van der Waals surface area contributed by atoms with E-state index in [9.17, 15) is 13.2 Å². The fourth-order valence-corrected chi connectivity index (χ4v) is 0.719. The second kappa shape index (κ2) is 3.12. The summed E-state index contributed by atoms with van der Waals surface area (Å²) < 4.78 is 38.6. The average Bonchev–Trinajstić information content (AvgIpc) is 1.94. The highest BCUT2D eigenvalue weighted by Gasteiger charge is 2.31. The normalized spacial score (nSPS) is 11.4. The van der Waals surface area contributed by atoms with Gasteiger partial charge in [-0.1, -0.05) is 0 Å². The Balaban J connectivity index is 2.86. The molecular weight excluding hydrogens is 185 g/mol. The Morgan fingerprint density at radius 2 is 2.08 bits per heavy atom. The predicted molar refractivity (Wildman–Crippen MR) is 40.1 cm³/mol. The molecule has 0 saturated carbocycles. The highest BCUT2D eigenvalue weighted by atomic mass is 19.4. The van der Waals surface area contributed by atoms with Gasteiger partial charge in [0.15, 0.2) is 0 Å². The molecule has 13 heavy (non-hydrogen) atoms. The lowest BCUT2D eigenvalue weighted by Crippen LogP contribution is -2.17. The number of hydrogen-bond acceptors (Lipinski definition) is 3. The molecule has 0 bridgehead atoms.